The summed E-state index contributed by atoms with van der Waals surface area (Å²) in [6.45, 7) is 22.9. The van der Waals surface area contributed by atoms with Gasteiger partial charge in [0.05, 0.1) is 11.5 Å². The van der Waals surface area contributed by atoms with Crippen LogP contribution in [0.4, 0.5) is 5.69 Å². The molecular formula is C30H49NO2SSi. The van der Waals surface area contributed by atoms with Gasteiger partial charge in [0.25, 0.3) is 0 Å². The number of carbonyl (C=O) groups is 1. The zero-order valence-electron chi connectivity index (χ0n) is 23.8. The lowest BCUT2D eigenvalue weighted by molar-refractivity contribution is -0.117. The van der Waals surface area contributed by atoms with E-state index in [0.29, 0.717) is 12.2 Å². The van der Waals surface area contributed by atoms with Crippen LogP contribution in [-0.2, 0) is 9.22 Å². The van der Waals surface area contributed by atoms with Crippen molar-refractivity contribution in [3.63, 3.8) is 0 Å². The summed E-state index contributed by atoms with van der Waals surface area (Å²) < 4.78 is 6.40. The average Bonchev–Trinajstić information content (AvgIpc) is 2.76. The highest BCUT2D eigenvalue weighted by molar-refractivity contribution is 8.04. The van der Waals surface area contributed by atoms with Gasteiger partial charge in [-0.15, -0.1) is 11.8 Å². The Kier molecular flexibility index (Phi) is 10.9. The predicted molar refractivity (Wildman–Crippen MR) is 159 cm³/mol. The second kappa shape index (κ2) is 12.8. The standard InChI is InChI=1S/C30H49NO2SSi/c1-10-12-21-34-28-25(22-30(6,7)23-27(28)32)16-13-24-14-17-26(18-15-24)31(11-2)19-20-33-35(8,9)29(3,4)5/h13-18H,10-12,19-23H2,1-9H3/b16-13+. The molecule has 1 aliphatic carbocycles. The number of thioether (sulfide) groups is 1. The Hall–Kier alpha value is -1.30. The van der Waals surface area contributed by atoms with E-state index in [0.717, 1.165) is 49.6 Å². The molecule has 1 aromatic carbocycles. The Bertz CT molecular complexity index is 894. The molecule has 0 N–H and O–H groups in total. The number of likely N-dealkylation sites (N-methyl/N-ethyl adjacent to an activating group) is 1. The molecule has 1 aliphatic rings. The number of rotatable bonds is 12. The molecule has 0 bridgehead atoms. The largest absolute Gasteiger partial charge is 0.415 e. The second-order valence-electron chi connectivity index (χ2n) is 12.1. The highest BCUT2D eigenvalue weighted by atomic mass is 32.2. The van der Waals surface area contributed by atoms with Crippen molar-refractivity contribution in [2.24, 2.45) is 5.41 Å². The quantitative estimate of drug-likeness (QED) is 0.206. The summed E-state index contributed by atoms with van der Waals surface area (Å²) in [5.74, 6) is 1.34. The number of hydrogen-bond acceptors (Lipinski definition) is 4. The maximum Gasteiger partial charge on any atom is 0.192 e. The van der Waals surface area contributed by atoms with Crippen LogP contribution in [0.3, 0.4) is 0 Å². The van der Waals surface area contributed by atoms with Gasteiger partial charge in [0.1, 0.15) is 0 Å². The fourth-order valence-electron chi connectivity index (χ4n) is 4.07. The molecule has 1 aromatic rings. The molecule has 0 atom stereocenters. The van der Waals surface area contributed by atoms with Crippen LogP contribution in [0.1, 0.15) is 79.7 Å². The van der Waals surface area contributed by atoms with E-state index in [1.165, 1.54) is 16.8 Å². The maximum absolute atomic E-state index is 12.9. The van der Waals surface area contributed by atoms with Gasteiger partial charge in [-0.25, -0.2) is 0 Å². The normalized spacial score (nSPS) is 16.9. The Morgan fingerprint density at radius 2 is 1.74 bits per heavy atom. The number of unbranched alkanes of at least 4 members (excludes halogenated alkanes) is 1. The third-order valence-electron chi connectivity index (χ3n) is 7.34. The number of ketones is 1. The van der Waals surface area contributed by atoms with Crippen LogP contribution in [0.5, 0.6) is 0 Å². The van der Waals surface area contributed by atoms with E-state index in [2.05, 4.69) is 103 Å². The van der Waals surface area contributed by atoms with Crippen LogP contribution < -0.4 is 4.90 Å². The molecule has 196 valence electrons. The molecule has 0 radical (unpaired) electrons. The Labute approximate surface area is 220 Å². The van der Waals surface area contributed by atoms with E-state index < -0.39 is 8.32 Å². The molecule has 0 fully saturated rings. The van der Waals surface area contributed by atoms with Crippen LogP contribution in [0.25, 0.3) is 6.08 Å². The van der Waals surface area contributed by atoms with Crippen molar-refractivity contribution < 1.29 is 9.22 Å². The van der Waals surface area contributed by atoms with E-state index in [-0.39, 0.29) is 10.5 Å². The lowest BCUT2D eigenvalue weighted by Crippen LogP contribution is -2.42. The third-order valence-corrected chi connectivity index (χ3v) is 13.2. The van der Waals surface area contributed by atoms with Gasteiger partial charge >= 0.3 is 0 Å². The van der Waals surface area contributed by atoms with Gasteiger partial charge in [0.2, 0.25) is 0 Å². The number of carbonyl (C=O) groups excluding carboxylic acids is 1. The van der Waals surface area contributed by atoms with Crippen molar-refractivity contribution in [2.75, 3.05) is 30.3 Å². The Morgan fingerprint density at radius 1 is 1.09 bits per heavy atom. The lowest BCUT2D eigenvalue weighted by atomic mass is 9.76. The van der Waals surface area contributed by atoms with Crippen LogP contribution >= 0.6 is 11.8 Å². The van der Waals surface area contributed by atoms with Gasteiger partial charge in [-0.3, -0.25) is 4.79 Å². The summed E-state index contributed by atoms with van der Waals surface area (Å²) >= 11 is 1.76. The van der Waals surface area contributed by atoms with Crippen LogP contribution in [0, 0.1) is 5.41 Å². The van der Waals surface area contributed by atoms with Crippen LogP contribution in [-0.4, -0.2) is 39.5 Å². The van der Waals surface area contributed by atoms with Gasteiger partial charge in [-0.05, 0) is 72.3 Å². The van der Waals surface area contributed by atoms with Crippen molar-refractivity contribution in [3.8, 4) is 0 Å². The number of Topliss-reactive ketones (excluding diaryl/α,β-unsaturated/α-hetero) is 1. The average molecular weight is 516 g/mol. The summed E-state index contributed by atoms with van der Waals surface area (Å²) in [5.41, 5.74) is 3.63. The first-order chi connectivity index (χ1) is 16.3. The molecule has 0 heterocycles. The smallest absolute Gasteiger partial charge is 0.192 e. The minimum atomic E-state index is -1.72. The van der Waals surface area contributed by atoms with E-state index in [9.17, 15) is 4.79 Å². The molecule has 0 saturated carbocycles. The summed E-state index contributed by atoms with van der Waals surface area (Å²) in [6, 6.07) is 8.78. The van der Waals surface area contributed by atoms with Gasteiger partial charge in [-0.2, -0.15) is 0 Å². The zero-order chi connectivity index (χ0) is 26.3. The van der Waals surface area contributed by atoms with E-state index >= 15 is 0 Å². The number of benzene rings is 1. The van der Waals surface area contributed by atoms with Crippen molar-refractivity contribution in [1.29, 1.82) is 0 Å². The highest BCUT2D eigenvalue weighted by Crippen LogP contribution is 2.41. The first-order valence-corrected chi connectivity index (χ1v) is 17.3. The summed E-state index contributed by atoms with van der Waals surface area (Å²) in [5, 5.41) is 0.236. The van der Waals surface area contributed by atoms with Crippen LogP contribution in [0.2, 0.25) is 18.1 Å². The number of anilines is 1. The fourth-order valence-corrected chi connectivity index (χ4v) is 6.30. The van der Waals surface area contributed by atoms with Gasteiger partial charge in [0, 0.05) is 25.2 Å². The van der Waals surface area contributed by atoms with E-state index in [1.807, 2.05) is 0 Å². The van der Waals surface area contributed by atoms with Crippen molar-refractivity contribution in [2.45, 2.75) is 92.3 Å². The topological polar surface area (TPSA) is 29.5 Å². The zero-order valence-corrected chi connectivity index (χ0v) is 25.6. The molecule has 3 nitrogen and oxygen atoms in total. The summed E-state index contributed by atoms with van der Waals surface area (Å²) in [6.07, 6.45) is 8.28. The minimum absolute atomic E-state index is 0.0313. The van der Waals surface area contributed by atoms with Gasteiger partial charge in [0.15, 0.2) is 14.1 Å². The fraction of sp³-hybridized carbons (Fsp3) is 0.633. The number of nitrogens with zero attached hydrogens (tertiary/aromatic N) is 1. The third kappa shape index (κ3) is 8.94. The molecule has 0 amide bonds. The molecule has 0 aromatic heterocycles. The predicted octanol–water partition coefficient (Wildman–Crippen LogP) is 8.72. The minimum Gasteiger partial charge on any atom is -0.415 e. The van der Waals surface area contributed by atoms with Crippen molar-refractivity contribution >= 4 is 37.6 Å². The second-order valence-corrected chi connectivity index (χ2v) is 18.0. The van der Waals surface area contributed by atoms with Gasteiger partial charge < -0.3 is 9.33 Å². The molecule has 0 saturated heterocycles. The maximum atomic E-state index is 12.9. The SMILES string of the molecule is CCCCSC1=C(/C=C/c2ccc(N(CC)CCO[Si](C)(C)C(C)(C)C)cc2)CC(C)(C)CC1=O. The molecule has 0 aliphatic heterocycles. The summed E-state index contributed by atoms with van der Waals surface area (Å²) in [7, 11) is -1.72. The van der Waals surface area contributed by atoms with Crippen LogP contribution in [0.15, 0.2) is 40.8 Å². The number of hydrogen-bond donors (Lipinski definition) is 0. The van der Waals surface area contributed by atoms with E-state index in [1.54, 1.807) is 11.8 Å². The summed E-state index contributed by atoms with van der Waals surface area (Å²) in [4.78, 5) is 16.2. The molecular weight excluding hydrogens is 466 g/mol. The number of allylic oxidation sites excluding steroid dienone is 3. The molecule has 5 heteroatoms. The molecule has 0 unspecified atom stereocenters. The highest BCUT2D eigenvalue weighted by Gasteiger charge is 2.37. The van der Waals surface area contributed by atoms with Gasteiger partial charge in [-0.1, -0.05) is 72.2 Å². The Balaban J connectivity index is 2.09. The molecule has 35 heavy (non-hydrogen) atoms. The lowest BCUT2D eigenvalue weighted by Gasteiger charge is -2.37. The first kappa shape index (κ1) is 29.9. The molecule has 0 spiro atoms. The first-order valence-electron chi connectivity index (χ1n) is 13.4. The Morgan fingerprint density at radius 3 is 2.31 bits per heavy atom. The van der Waals surface area contributed by atoms with Crippen molar-refractivity contribution in [1.82, 2.24) is 0 Å². The monoisotopic (exact) mass is 515 g/mol. The van der Waals surface area contributed by atoms with E-state index in [4.69, 9.17) is 4.43 Å². The van der Waals surface area contributed by atoms with Crippen molar-refractivity contribution in [3.05, 3.63) is 46.4 Å². The molecule has 2 rings (SSSR count).